The molecule has 0 aliphatic carbocycles. The van der Waals surface area contributed by atoms with E-state index in [0.717, 1.165) is 5.56 Å². The Morgan fingerprint density at radius 2 is 1.94 bits per heavy atom. The number of aliphatic hydroxyl groups is 1. The van der Waals surface area contributed by atoms with Crippen LogP contribution in [0.15, 0.2) is 24.3 Å². The Labute approximate surface area is 94.7 Å². The predicted octanol–water partition coefficient (Wildman–Crippen LogP) is 0.737. The molecule has 0 heterocycles. The lowest BCUT2D eigenvalue weighted by molar-refractivity contribution is -0.138. The zero-order valence-corrected chi connectivity index (χ0v) is 9.26. The van der Waals surface area contributed by atoms with Gasteiger partial charge in [-0.15, -0.1) is 0 Å². The molecule has 0 aromatic heterocycles. The van der Waals surface area contributed by atoms with Crippen LogP contribution in [0.4, 0.5) is 0 Å². The number of aliphatic carboxylic acids is 1. The van der Waals surface area contributed by atoms with E-state index in [-0.39, 0.29) is 6.54 Å². The number of hydrogen-bond acceptors (Lipinski definition) is 3. The largest absolute Gasteiger partial charge is 0.481 e. The highest BCUT2D eigenvalue weighted by Gasteiger charge is 2.17. The molecule has 0 fully saturated rings. The smallest absolute Gasteiger partial charge is 0.312 e. The van der Waals surface area contributed by atoms with Crippen molar-refractivity contribution in [2.24, 2.45) is 5.73 Å². The maximum atomic E-state index is 10.9. The van der Waals surface area contributed by atoms with Gasteiger partial charge in [0, 0.05) is 6.54 Å². The summed E-state index contributed by atoms with van der Waals surface area (Å²) in [6.07, 6.45) is 0.177. The van der Waals surface area contributed by atoms with Crippen molar-refractivity contribution in [3.8, 4) is 0 Å². The van der Waals surface area contributed by atoms with E-state index < -0.39 is 18.0 Å². The predicted molar refractivity (Wildman–Crippen MR) is 61.3 cm³/mol. The monoisotopic (exact) mass is 223 g/mol. The van der Waals surface area contributed by atoms with Gasteiger partial charge in [-0.2, -0.15) is 0 Å². The van der Waals surface area contributed by atoms with Crippen LogP contribution in [0.1, 0.15) is 24.0 Å². The maximum Gasteiger partial charge on any atom is 0.312 e. The molecule has 1 aromatic carbocycles. The van der Waals surface area contributed by atoms with Gasteiger partial charge in [-0.1, -0.05) is 24.3 Å². The molecule has 1 aromatic rings. The van der Waals surface area contributed by atoms with Crippen molar-refractivity contribution >= 4 is 5.97 Å². The van der Waals surface area contributed by atoms with Crippen LogP contribution in [0.5, 0.6) is 0 Å². The summed E-state index contributed by atoms with van der Waals surface area (Å²) in [5.41, 5.74) is 7.09. The minimum Gasteiger partial charge on any atom is -0.481 e. The summed E-state index contributed by atoms with van der Waals surface area (Å²) in [6, 6.07) is 7.16. The molecule has 88 valence electrons. The van der Waals surface area contributed by atoms with Gasteiger partial charge in [0.15, 0.2) is 0 Å². The number of nitrogens with two attached hydrogens (primary N) is 1. The molecule has 0 bridgehead atoms. The molecule has 0 aliphatic rings. The van der Waals surface area contributed by atoms with Crippen molar-refractivity contribution in [1.82, 2.24) is 0 Å². The fraction of sp³-hybridized carbons (Fsp3) is 0.417. The first-order valence-corrected chi connectivity index (χ1v) is 5.24. The molecule has 2 unspecified atom stereocenters. The maximum absolute atomic E-state index is 10.9. The first-order chi connectivity index (χ1) is 7.54. The van der Waals surface area contributed by atoms with E-state index in [1.54, 1.807) is 19.1 Å². The van der Waals surface area contributed by atoms with Gasteiger partial charge in [-0.25, -0.2) is 0 Å². The molecule has 0 saturated carbocycles. The lowest BCUT2D eigenvalue weighted by Gasteiger charge is -2.11. The standard InChI is InChI=1S/C12H17NO3/c1-8(14)6-9-2-4-10(5-3-9)11(7-13)12(15)16/h2-5,8,11,14H,6-7,13H2,1H3,(H,15,16). The highest BCUT2D eigenvalue weighted by atomic mass is 16.4. The van der Waals surface area contributed by atoms with Crippen molar-refractivity contribution < 1.29 is 15.0 Å². The lowest BCUT2D eigenvalue weighted by atomic mass is 9.97. The van der Waals surface area contributed by atoms with Crippen molar-refractivity contribution in [1.29, 1.82) is 0 Å². The van der Waals surface area contributed by atoms with Gasteiger partial charge in [0.1, 0.15) is 0 Å². The summed E-state index contributed by atoms with van der Waals surface area (Å²) >= 11 is 0. The topological polar surface area (TPSA) is 83.5 Å². The molecule has 4 heteroatoms. The summed E-state index contributed by atoms with van der Waals surface area (Å²) in [5, 5.41) is 18.1. The van der Waals surface area contributed by atoms with Crippen LogP contribution in [0.25, 0.3) is 0 Å². The minimum atomic E-state index is -0.911. The van der Waals surface area contributed by atoms with Gasteiger partial charge in [-0.3, -0.25) is 4.79 Å². The minimum absolute atomic E-state index is 0.0884. The molecule has 16 heavy (non-hydrogen) atoms. The summed E-state index contributed by atoms with van der Waals surface area (Å²) < 4.78 is 0. The average molecular weight is 223 g/mol. The molecule has 1 rings (SSSR count). The number of hydrogen-bond donors (Lipinski definition) is 3. The number of carbonyl (C=O) groups is 1. The van der Waals surface area contributed by atoms with Crippen molar-refractivity contribution in [2.45, 2.75) is 25.4 Å². The quantitative estimate of drug-likeness (QED) is 0.687. The van der Waals surface area contributed by atoms with E-state index >= 15 is 0 Å². The van der Waals surface area contributed by atoms with Crippen molar-refractivity contribution in [2.75, 3.05) is 6.54 Å². The third-order valence-electron chi connectivity index (χ3n) is 2.45. The molecule has 0 spiro atoms. The normalized spacial score (nSPS) is 14.4. The summed E-state index contributed by atoms with van der Waals surface area (Å²) in [6.45, 7) is 1.80. The Morgan fingerprint density at radius 3 is 2.31 bits per heavy atom. The van der Waals surface area contributed by atoms with Gasteiger partial charge < -0.3 is 15.9 Å². The van der Waals surface area contributed by atoms with Crippen LogP contribution < -0.4 is 5.73 Å². The lowest BCUT2D eigenvalue weighted by Crippen LogP contribution is -2.21. The molecule has 0 saturated heterocycles. The van der Waals surface area contributed by atoms with E-state index in [2.05, 4.69) is 0 Å². The van der Waals surface area contributed by atoms with Gasteiger partial charge in [-0.05, 0) is 24.5 Å². The average Bonchev–Trinajstić information content (AvgIpc) is 2.20. The first kappa shape index (κ1) is 12.7. The van der Waals surface area contributed by atoms with Crippen LogP contribution in [-0.4, -0.2) is 28.8 Å². The molecule has 4 nitrogen and oxygen atoms in total. The van der Waals surface area contributed by atoms with Gasteiger partial charge in [0.25, 0.3) is 0 Å². The molecular weight excluding hydrogens is 206 g/mol. The second-order valence-corrected chi connectivity index (χ2v) is 3.92. The number of benzene rings is 1. The number of rotatable bonds is 5. The zero-order chi connectivity index (χ0) is 12.1. The van der Waals surface area contributed by atoms with Crippen LogP contribution in [-0.2, 0) is 11.2 Å². The fourth-order valence-corrected chi connectivity index (χ4v) is 1.61. The zero-order valence-electron chi connectivity index (χ0n) is 9.26. The van der Waals surface area contributed by atoms with E-state index in [1.165, 1.54) is 0 Å². The van der Waals surface area contributed by atoms with E-state index in [9.17, 15) is 9.90 Å². The van der Waals surface area contributed by atoms with E-state index in [1.807, 2.05) is 12.1 Å². The van der Waals surface area contributed by atoms with Crippen LogP contribution in [0.3, 0.4) is 0 Å². The Bertz CT molecular complexity index is 346. The molecule has 0 amide bonds. The van der Waals surface area contributed by atoms with Gasteiger partial charge in [0.05, 0.1) is 12.0 Å². The Balaban J connectivity index is 2.81. The Morgan fingerprint density at radius 1 is 1.38 bits per heavy atom. The van der Waals surface area contributed by atoms with Gasteiger partial charge >= 0.3 is 5.97 Å². The molecule has 0 radical (unpaired) electrons. The van der Waals surface area contributed by atoms with Gasteiger partial charge in [0.2, 0.25) is 0 Å². The highest BCUT2D eigenvalue weighted by Crippen LogP contribution is 2.16. The number of carboxylic acid groups (broad SMARTS) is 1. The summed E-state index contributed by atoms with van der Waals surface area (Å²) in [7, 11) is 0. The van der Waals surface area contributed by atoms with E-state index in [0.29, 0.717) is 12.0 Å². The van der Waals surface area contributed by atoms with Crippen LogP contribution in [0.2, 0.25) is 0 Å². The van der Waals surface area contributed by atoms with Crippen molar-refractivity contribution in [3.63, 3.8) is 0 Å². The SMILES string of the molecule is CC(O)Cc1ccc(C(CN)C(=O)O)cc1. The number of aliphatic hydroxyl groups excluding tert-OH is 1. The molecule has 0 aliphatic heterocycles. The fourth-order valence-electron chi connectivity index (χ4n) is 1.61. The van der Waals surface area contributed by atoms with Crippen LogP contribution >= 0.6 is 0 Å². The Kier molecular flexibility index (Phi) is 4.46. The first-order valence-electron chi connectivity index (χ1n) is 5.24. The molecule has 2 atom stereocenters. The summed E-state index contributed by atoms with van der Waals surface area (Å²) in [4.78, 5) is 10.9. The van der Waals surface area contributed by atoms with E-state index in [4.69, 9.17) is 10.8 Å². The third kappa shape index (κ3) is 3.32. The number of carboxylic acids is 1. The van der Waals surface area contributed by atoms with Crippen LogP contribution in [0, 0.1) is 0 Å². The molecule has 4 N–H and O–H groups in total. The summed E-state index contributed by atoms with van der Waals surface area (Å²) in [5.74, 6) is -1.56. The second-order valence-electron chi connectivity index (χ2n) is 3.92. The second kappa shape index (κ2) is 5.63. The highest BCUT2D eigenvalue weighted by molar-refractivity contribution is 5.76. The van der Waals surface area contributed by atoms with Crippen molar-refractivity contribution in [3.05, 3.63) is 35.4 Å². The third-order valence-corrected chi connectivity index (χ3v) is 2.45. The molecular formula is C12H17NO3. The Hall–Kier alpha value is -1.39.